The average Bonchev–Trinajstić information content (AvgIpc) is 2.66. The summed E-state index contributed by atoms with van der Waals surface area (Å²) in [4.78, 5) is 27.1. The molecular weight excluding hydrogens is 368 g/mol. The molecule has 1 aliphatic heterocycles. The summed E-state index contributed by atoms with van der Waals surface area (Å²) in [7, 11) is 0. The second-order valence-corrected chi connectivity index (χ2v) is 10.5. The fourth-order valence-corrected chi connectivity index (χ4v) is 6.52. The first-order valence-electron chi connectivity index (χ1n) is 11.5. The molecule has 4 bridgehead atoms. The Morgan fingerprint density at radius 1 is 1.00 bits per heavy atom. The summed E-state index contributed by atoms with van der Waals surface area (Å²) < 4.78 is 5.41. The van der Waals surface area contributed by atoms with Crippen molar-refractivity contribution in [3.63, 3.8) is 0 Å². The van der Waals surface area contributed by atoms with E-state index < -0.39 is 0 Å². The predicted molar refractivity (Wildman–Crippen MR) is 112 cm³/mol. The summed E-state index contributed by atoms with van der Waals surface area (Å²) in [6.45, 7) is 8.57. The van der Waals surface area contributed by atoms with Gasteiger partial charge in [0.2, 0.25) is 5.91 Å². The number of nitrogens with one attached hydrogen (secondary N) is 3. The number of hydrogen-bond acceptors (Lipinski definition) is 4. The summed E-state index contributed by atoms with van der Waals surface area (Å²) >= 11 is 0. The Bertz CT molecular complexity index is 580. The van der Waals surface area contributed by atoms with Gasteiger partial charge in [0.1, 0.15) is 0 Å². The number of carbonyl (C=O) groups excluding carboxylic acids is 2. The van der Waals surface area contributed by atoms with E-state index in [1.807, 2.05) is 0 Å². The number of amides is 3. The molecule has 0 spiro atoms. The van der Waals surface area contributed by atoms with Gasteiger partial charge in [0.05, 0.1) is 13.2 Å². The topological polar surface area (TPSA) is 82.7 Å². The van der Waals surface area contributed by atoms with E-state index in [9.17, 15) is 9.59 Å². The maximum absolute atomic E-state index is 12.5. The van der Waals surface area contributed by atoms with Crippen LogP contribution in [0.25, 0.3) is 0 Å². The van der Waals surface area contributed by atoms with E-state index in [1.165, 1.54) is 19.3 Å². The van der Waals surface area contributed by atoms with Crippen LogP contribution in [-0.4, -0.2) is 67.3 Å². The van der Waals surface area contributed by atoms with Crippen LogP contribution >= 0.6 is 0 Å². The molecule has 7 heteroatoms. The number of nitrogens with zero attached hydrogens (tertiary/aromatic N) is 1. The zero-order valence-corrected chi connectivity index (χ0v) is 18.1. The van der Waals surface area contributed by atoms with E-state index in [0.717, 1.165) is 63.3 Å². The molecule has 4 aliphatic carbocycles. The smallest absolute Gasteiger partial charge is 0.315 e. The Morgan fingerprint density at radius 3 is 2.17 bits per heavy atom. The first kappa shape index (κ1) is 20.9. The highest BCUT2D eigenvalue weighted by Crippen LogP contribution is 2.55. The molecule has 0 aromatic heterocycles. The molecule has 3 N–H and O–H groups in total. The van der Waals surface area contributed by atoms with Crippen molar-refractivity contribution < 1.29 is 14.3 Å². The van der Waals surface area contributed by atoms with Gasteiger partial charge in [0.25, 0.3) is 0 Å². The molecule has 164 valence electrons. The van der Waals surface area contributed by atoms with Gasteiger partial charge in [0, 0.05) is 43.7 Å². The van der Waals surface area contributed by atoms with Crippen LogP contribution in [0.2, 0.25) is 0 Å². The number of carbonyl (C=O) groups is 2. The second kappa shape index (κ2) is 8.42. The lowest BCUT2D eigenvalue weighted by molar-refractivity contribution is -0.121. The lowest BCUT2D eigenvalue weighted by Crippen LogP contribution is -2.61. The number of rotatable bonds is 7. The Hall–Kier alpha value is -1.34. The maximum atomic E-state index is 12.5. The zero-order chi connectivity index (χ0) is 20.5. The Labute approximate surface area is 174 Å². The predicted octanol–water partition coefficient (Wildman–Crippen LogP) is 1.87. The molecule has 4 saturated carbocycles. The molecule has 1 heterocycles. The van der Waals surface area contributed by atoms with Gasteiger partial charge in [0.15, 0.2) is 0 Å². The molecule has 29 heavy (non-hydrogen) atoms. The number of hydrogen-bond donors (Lipinski definition) is 3. The van der Waals surface area contributed by atoms with Gasteiger partial charge in [-0.3, -0.25) is 9.69 Å². The van der Waals surface area contributed by atoms with Crippen LogP contribution < -0.4 is 16.0 Å². The highest BCUT2D eigenvalue weighted by atomic mass is 16.5. The van der Waals surface area contributed by atoms with Crippen molar-refractivity contribution in [3.8, 4) is 0 Å². The molecular formula is C22H38N4O3. The Morgan fingerprint density at radius 2 is 1.59 bits per heavy atom. The van der Waals surface area contributed by atoms with Crippen LogP contribution in [0.15, 0.2) is 0 Å². The van der Waals surface area contributed by atoms with Crippen molar-refractivity contribution >= 4 is 11.9 Å². The average molecular weight is 407 g/mol. The molecule has 3 amide bonds. The maximum Gasteiger partial charge on any atom is 0.315 e. The fraction of sp³-hybridized carbons (Fsp3) is 0.909. The summed E-state index contributed by atoms with van der Waals surface area (Å²) in [5.74, 6) is 2.41. The number of urea groups is 1. The van der Waals surface area contributed by atoms with Gasteiger partial charge in [-0.1, -0.05) is 0 Å². The van der Waals surface area contributed by atoms with Crippen molar-refractivity contribution in [2.75, 3.05) is 39.4 Å². The van der Waals surface area contributed by atoms with Crippen LogP contribution in [0.3, 0.4) is 0 Å². The van der Waals surface area contributed by atoms with Crippen LogP contribution in [-0.2, 0) is 9.53 Å². The van der Waals surface area contributed by atoms with E-state index in [2.05, 4.69) is 34.7 Å². The summed E-state index contributed by atoms with van der Waals surface area (Å²) in [6, 6.07) is -0.103. The van der Waals surface area contributed by atoms with Crippen LogP contribution in [0.5, 0.6) is 0 Å². The van der Waals surface area contributed by atoms with Crippen molar-refractivity contribution in [2.24, 2.45) is 17.8 Å². The van der Waals surface area contributed by atoms with Gasteiger partial charge >= 0.3 is 6.03 Å². The Kier molecular flexibility index (Phi) is 6.07. The SMILES string of the molecule is CC(C)(CNC(=O)CCNC(=O)NC12CC3CC(CC(C3)C1)C2)N1CCOCC1. The standard InChI is InChI=1S/C22H38N4O3/c1-21(2,26-5-7-29-8-6-26)15-24-19(27)3-4-23-20(28)25-22-12-16-9-17(13-22)11-18(10-16)14-22/h16-18H,3-15H2,1-2H3,(H,24,27)(H2,23,25,28). The van der Waals surface area contributed by atoms with Gasteiger partial charge in [-0.05, 0) is 70.1 Å². The molecule has 0 radical (unpaired) electrons. The van der Waals surface area contributed by atoms with Gasteiger partial charge in [-0.25, -0.2) is 4.79 Å². The van der Waals surface area contributed by atoms with Gasteiger partial charge in [-0.2, -0.15) is 0 Å². The Balaban J connectivity index is 1.15. The summed E-state index contributed by atoms with van der Waals surface area (Å²) in [5, 5.41) is 9.24. The molecule has 5 fully saturated rings. The minimum absolute atomic E-state index is 0.0126. The molecule has 0 aromatic rings. The minimum Gasteiger partial charge on any atom is -0.379 e. The van der Waals surface area contributed by atoms with E-state index >= 15 is 0 Å². The zero-order valence-electron chi connectivity index (χ0n) is 18.1. The third kappa shape index (κ3) is 5.05. The molecule has 0 unspecified atom stereocenters. The van der Waals surface area contributed by atoms with Crippen molar-refractivity contribution in [1.82, 2.24) is 20.9 Å². The molecule has 0 aromatic carbocycles. The van der Waals surface area contributed by atoms with E-state index in [-0.39, 0.29) is 23.0 Å². The molecule has 5 rings (SSSR count). The second-order valence-electron chi connectivity index (χ2n) is 10.5. The third-order valence-corrected chi connectivity index (χ3v) is 7.64. The lowest BCUT2D eigenvalue weighted by atomic mass is 9.53. The summed E-state index contributed by atoms with van der Waals surface area (Å²) in [6.07, 6.45) is 7.83. The summed E-state index contributed by atoms with van der Waals surface area (Å²) in [5.41, 5.74) is -0.0774. The normalized spacial score (nSPS) is 34.1. The van der Waals surface area contributed by atoms with Gasteiger partial charge < -0.3 is 20.7 Å². The number of ether oxygens (including phenoxy) is 1. The molecule has 5 aliphatic rings. The van der Waals surface area contributed by atoms with Crippen LogP contribution in [0.1, 0.15) is 58.8 Å². The third-order valence-electron chi connectivity index (χ3n) is 7.64. The van der Waals surface area contributed by atoms with E-state index in [4.69, 9.17) is 4.74 Å². The number of morpholine rings is 1. The van der Waals surface area contributed by atoms with Gasteiger partial charge in [-0.15, -0.1) is 0 Å². The molecule has 0 atom stereocenters. The van der Waals surface area contributed by atoms with Crippen molar-refractivity contribution in [3.05, 3.63) is 0 Å². The molecule has 1 saturated heterocycles. The highest BCUT2D eigenvalue weighted by molar-refractivity contribution is 5.78. The van der Waals surface area contributed by atoms with Crippen LogP contribution in [0.4, 0.5) is 4.79 Å². The highest BCUT2D eigenvalue weighted by Gasteiger charge is 2.51. The lowest BCUT2D eigenvalue weighted by Gasteiger charge is -2.56. The van der Waals surface area contributed by atoms with Crippen LogP contribution in [0, 0.1) is 17.8 Å². The first-order valence-corrected chi connectivity index (χ1v) is 11.5. The first-order chi connectivity index (χ1) is 13.8. The monoisotopic (exact) mass is 406 g/mol. The largest absolute Gasteiger partial charge is 0.379 e. The van der Waals surface area contributed by atoms with Crippen molar-refractivity contribution in [1.29, 1.82) is 0 Å². The van der Waals surface area contributed by atoms with Crippen molar-refractivity contribution in [2.45, 2.75) is 69.9 Å². The minimum atomic E-state index is -0.103. The molecule has 7 nitrogen and oxygen atoms in total. The van der Waals surface area contributed by atoms with E-state index in [0.29, 0.717) is 19.5 Å². The quantitative estimate of drug-likeness (QED) is 0.603. The fourth-order valence-electron chi connectivity index (χ4n) is 6.52. The van der Waals surface area contributed by atoms with E-state index in [1.54, 1.807) is 0 Å².